The molecule has 0 spiro atoms. The van der Waals surface area contributed by atoms with E-state index in [0.29, 0.717) is 10.4 Å². The molecule has 0 unspecified atom stereocenters. The Kier molecular flexibility index (Phi) is 4.03. The van der Waals surface area contributed by atoms with Crippen LogP contribution in [0.1, 0.15) is 11.7 Å². The molecule has 0 aliphatic rings. The highest BCUT2D eigenvalue weighted by Gasteiger charge is 2.09. The number of hydrogen-bond acceptors (Lipinski definition) is 1. The number of rotatable bonds is 2. The van der Waals surface area contributed by atoms with Gasteiger partial charge in [0.25, 0.3) is 0 Å². The van der Waals surface area contributed by atoms with Gasteiger partial charge in [0, 0.05) is 20.4 Å². The second-order valence-electron chi connectivity index (χ2n) is 2.34. The molecule has 1 aromatic rings. The summed E-state index contributed by atoms with van der Waals surface area (Å²) in [5, 5.41) is 10.5. The summed E-state index contributed by atoms with van der Waals surface area (Å²) in [6.45, 7) is 0. The molecule has 0 aromatic heterocycles. The molecule has 1 nitrogen and oxygen atoms in total. The lowest BCUT2D eigenvalue weighted by atomic mass is 10.1. The Morgan fingerprint density at radius 3 is 2.67 bits per heavy atom. The van der Waals surface area contributed by atoms with E-state index in [1.165, 1.54) is 0 Å². The summed E-state index contributed by atoms with van der Waals surface area (Å²) in [6.07, 6.45) is -0.536. The fraction of sp³-hybridized carbons (Fsp3) is 0.250. The fourth-order valence-electron chi connectivity index (χ4n) is 0.855. The van der Waals surface area contributed by atoms with Crippen LogP contribution in [-0.4, -0.2) is 10.4 Å². The molecule has 0 bridgehead atoms. The number of halogens is 3. The van der Waals surface area contributed by atoms with E-state index in [-0.39, 0.29) is 0 Å². The summed E-state index contributed by atoms with van der Waals surface area (Å²) in [7, 11) is 0. The van der Waals surface area contributed by atoms with Crippen molar-refractivity contribution in [2.75, 3.05) is 5.33 Å². The third-order valence-electron chi connectivity index (χ3n) is 1.47. The average Bonchev–Trinajstić information content (AvgIpc) is 2.03. The minimum atomic E-state index is -0.536. The van der Waals surface area contributed by atoms with Gasteiger partial charge in [0.05, 0.1) is 6.10 Å². The van der Waals surface area contributed by atoms with Crippen molar-refractivity contribution in [3.05, 3.63) is 33.3 Å². The molecular weight excluding hydrogens is 307 g/mol. The second kappa shape index (κ2) is 4.61. The quantitative estimate of drug-likeness (QED) is 0.828. The predicted molar refractivity (Wildman–Crippen MR) is 57.9 cm³/mol. The van der Waals surface area contributed by atoms with Crippen molar-refractivity contribution in [1.29, 1.82) is 0 Å². The molecule has 1 aromatic carbocycles. The van der Waals surface area contributed by atoms with Crippen LogP contribution in [0.2, 0.25) is 5.02 Å². The Bertz CT molecular complexity index is 278. The molecule has 4 heteroatoms. The lowest BCUT2D eigenvalue weighted by Crippen LogP contribution is -1.98. The topological polar surface area (TPSA) is 20.2 Å². The number of alkyl halides is 1. The van der Waals surface area contributed by atoms with Crippen molar-refractivity contribution in [1.82, 2.24) is 0 Å². The van der Waals surface area contributed by atoms with E-state index in [4.69, 9.17) is 11.6 Å². The highest BCUT2D eigenvalue weighted by molar-refractivity contribution is 9.10. The van der Waals surface area contributed by atoms with Crippen LogP contribution >= 0.6 is 43.5 Å². The Labute approximate surface area is 93.0 Å². The summed E-state index contributed by atoms with van der Waals surface area (Å²) in [6, 6.07) is 5.42. The van der Waals surface area contributed by atoms with Gasteiger partial charge in [0.15, 0.2) is 0 Å². The van der Waals surface area contributed by atoms with Gasteiger partial charge >= 0.3 is 0 Å². The van der Waals surface area contributed by atoms with E-state index in [0.717, 1.165) is 10.0 Å². The van der Waals surface area contributed by atoms with Gasteiger partial charge in [-0.3, -0.25) is 0 Å². The zero-order chi connectivity index (χ0) is 9.14. The lowest BCUT2D eigenvalue weighted by molar-refractivity contribution is 0.205. The molecule has 0 amide bonds. The normalized spacial score (nSPS) is 13.0. The SMILES string of the molecule is O[C@@H](CBr)c1ccc(Br)cc1Cl. The zero-order valence-electron chi connectivity index (χ0n) is 6.10. The van der Waals surface area contributed by atoms with Crippen LogP contribution in [-0.2, 0) is 0 Å². The smallest absolute Gasteiger partial charge is 0.0901 e. The Morgan fingerprint density at radius 2 is 2.17 bits per heavy atom. The molecule has 0 radical (unpaired) electrons. The van der Waals surface area contributed by atoms with E-state index < -0.39 is 6.10 Å². The van der Waals surface area contributed by atoms with Crippen LogP contribution in [0, 0.1) is 0 Å². The third-order valence-corrected chi connectivity index (χ3v) is 2.90. The highest BCUT2D eigenvalue weighted by atomic mass is 79.9. The maximum Gasteiger partial charge on any atom is 0.0901 e. The average molecular weight is 314 g/mol. The first-order valence-corrected chi connectivity index (χ1v) is 5.63. The van der Waals surface area contributed by atoms with Crippen molar-refractivity contribution in [2.24, 2.45) is 0 Å². The molecule has 0 saturated carbocycles. The number of aliphatic hydroxyl groups is 1. The van der Waals surface area contributed by atoms with Crippen LogP contribution in [0.3, 0.4) is 0 Å². The van der Waals surface area contributed by atoms with Gasteiger partial charge in [0.1, 0.15) is 0 Å². The molecule has 0 aliphatic heterocycles. The molecular formula is C8H7Br2ClO. The Hall–Kier alpha value is 0.430. The summed E-state index contributed by atoms with van der Waals surface area (Å²) in [5.41, 5.74) is 0.747. The standard InChI is InChI=1S/C8H7Br2ClO/c9-4-8(12)6-2-1-5(10)3-7(6)11/h1-3,8,12H,4H2/t8-/m0/s1. The van der Waals surface area contributed by atoms with Crippen molar-refractivity contribution in [2.45, 2.75) is 6.10 Å². The summed E-state index contributed by atoms with van der Waals surface area (Å²) < 4.78 is 0.915. The van der Waals surface area contributed by atoms with E-state index in [2.05, 4.69) is 31.9 Å². The monoisotopic (exact) mass is 312 g/mol. The molecule has 0 aliphatic carbocycles. The highest BCUT2D eigenvalue weighted by Crippen LogP contribution is 2.27. The summed E-state index contributed by atoms with van der Waals surface area (Å²) in [5.74, 6) is 0. The van der Waals surface area contributed by atoms with Crippen LogP contribution < -0.4 is 0 Å². The fourth-order valence-corrected chi connectivity index (χ4v) is 2.00. The first kappa shape index (κ1) is 10.5. The van der Waals surface area contributed by atoms with Gasteiger partial charge in [-0.1, -0.05) is 49.5 Å². The van der Waals surface area contributed by atoms with Gasteiger partial charge in [0.2, 0.25) is 0 Å². The summed E-state index contributed by atoms with van der Waals surface area (Å²) >= 11 is 12.4. The molecule has 0 heterocycles. The van der Waals surface area contributed by atoms with Crippen molar-refractivity contribution >= 4 is 43.5 Å². The van der Waals surface area contributed by atoms with Crippen LogP contribution in [0.25, 0.3) is 0 Å². The van der Waals surface area contributed by atoms with E-state index >= 15 is 0 Å². The van der Waals surface area contributed by atoms with E-state index in [1.54, 1.807) is 12.1 Å². The third kappa shape index (κ3) is 2.46. The van der Waals surface area contributed by atoms with Gasteiger partial charge < -0.3 is 5.11 Å². The Balaban J connectivity index is 3.01. The minimum Gasteiger partial charge on any atom is -0.387 e. The van der Waals surface area contributed by atoms with Crippen LogP contribution in [0.15, 0.2) is 22.7 Å². The number of aliphatic hydroxyl groups excluding tert-OH is 1. The molecule has 12 heavy (non-hydrogen) atoms. The van der Waals surface area contributed by atoms with E-state index in [9.17, 15) is 5.11 Å². The number of benzene rings is 1. The van der Waals surface area contributed by atoms with Gasteiger partial charge in [-0.05, 0) is 12.1 Å². The largest absolute Gasteiger partial charge is 0.387 e. The van der Waals surface area contributed by atoms with Crippen molar-refractivity contribution in [3.63, 3.8) is 0 Å². The van der Waals surface area contributed by atoms with E-state index in [1.807, 2.05) is 6.07 Å². The minimum absolute atomic E-state index is 0.494. The maximum atomic E-state index is 9.45. The first-order chi connectivity index (χ1) is 5.65. The van der Waals surface area contributed by atoms with Crippen molar-refractivity contribution < 1.29 is 5.11 Å². The molecule has 0 saturated heterocycles. The summed E-state index contributed by atoms with van der Waals surface area (Å²) in [4.78, 5) is 0. The second-order valence-corrected chi connectivity index (χ2v) is 4.31. The molecule has 66 valence electrons. The van der Waals surface area contributed by atoms with Gasteiger partial charge in [-0.15, -0.1) is 0 Å². The molecule has 0 fully saturated rings. The zero-order valence-corrected chi connectivity index (χ0v) is 10.0. The van der Waals surface area contributed by atoms with Gasteiger partial charge in [-0.25, -0.2) is 0 Å². The van der Waals surface area contributed by atoms with Crippen molar-refractivity contribution in [3.8, 4) is 0 Å². The first-order valence-electron chi connectivity index (χ1n) is 3.34. The molecule has 1 atom stereocenters. The lowest BCUT2D eigenvalue weighted by Gasteiger charge is -2.09. The predicted octanol–water partition coefficient (Wildman–Crippen LogP) is 3.53. The number of hydrogen-bond donors (Lipinski definition) is 1. The van der Waals surface area contributed by atoms with Crippen LogP contribution in [0.4, 0.5) is 0 Å². The maximum absolute atomic E-state index is 9.45. The Morgan fingerprint density at radius 1 is 1.50 bits per heavy atom. The molecule has 1 N–H and O–H groups in total. The van der Waals surface area contributed by atoms with Crippen LogP contribution in [0.5, 0.6) is 0 Å². The molecule has 1 rings (SSSR count). The van der Waals surface area contributed by atoms with Gasteiger partial charge in [-0.2, -0.15) is 0 Å².